The van der Waals surface area contributed by atoms with Gasteiger partial charge in [0.2, 0.25) is 0 Å². The summed E-state index contributed by atoms with van der Waals surface area (Å²) in [5.74, 6) is 0. The van der Waals surface area contributed by atoms with Gasteiger partial charge in [-0.25, -0.2) is 4.98 Å². The van der Waals surface area contributed by atoms with Gasteiger partial charge in [-0.1, -0.05) is 12.8 Å². The molecule has 0 radical (unpaired) electrons. The Bertz CT molecular complexity index is 266. The molecule has 1 N–H and O–H groups in total. The van der Waals surface area contributed by atoms with Gasteiger partial charge in [-0.2, -0.15) is 0 Å². The lowest BCUT2D eigenvalue weighted by atomic mass is 9.82. The highest BCUT2D eigenvalue weighted by Crippen LogP contribution is 2.36. The normalized spacial score (nSPS) is 34.8. The second-order valence-electron chi connectivity index (χ2n) is 4.13. The lowest BCUT2D eigenvalue weighted by Crippen LogP contribution is -2.38. The van der Waals surface area contributed by atoms with Crippen LogP contribution in [0.25, 0.3) is 0 Å². The number of nitrogens with zero attached hydrogens (tertiary/aromatic N) is 2. The SMILES string of the molecule is CC1(O)CCCCC1n1ccnc1. The summed E-state index contributed by atoms with van der Waals surface area (Å²) >= 11 is 0. The Morgan fingerprint density at radius 3 is 3.00 bits per heavy atom. The van der Waals surface area contributed by atoms with Gasteiger partial charge in [-0.15, -0.1) is 0 Å². The van der Waals surface area contributed by atoms with E-state index in [2.05, 4.69) is 4.98 Å². The first kappa shape index (κ1) is 8.75. The molecule has 1 aliphatic rings. The number of hydrogen-bond donors (Lipinski definition) is 1. The molecule has 1 aromatic heterocycles. The number of rotatable bonds is 1. The van der Waals surface area contributed by atoms with Crippen LogP contribution in [0.3, 0.4) is 0 Å². The van der Waals surface area contributed by atoms with Crippen molar-refractivity contribution in [1.82, 2.24) is 9.55 Å². The quantitative estimate of drug-likeness (QED) is 0.715. The van der Waals surface area contributed by atoms with Crippen LogP contribution >= 0.6 is 0 Å². The van der Waals surface area contributed by atoms with E-state index in [-0.39, 0.29) is 6.04 Å². The summed E-state index contributed by atoms with van der Waals surface area (Å²) in [6, 6.07) is 0.212. The largest absolute Gasteiger partial charge is 0.388 e. The molecule has 1 heterocycles. The molecule has 2 rings (SSSR count). The molecule has 3 heteroatoms. The lowest BCUT2D eigenvalue weighted by molar-refractivity contribution is -0.0248. The topological polar surface area (TPSA) is 38.0 Å². The fourth-order valence-electron chi connectivity index (χ4n) is 2.22. The second-order valence-corrected chi connectivity index (χ2v) is 4.13. The number of aliphatic hydroxyl groups is 1. The maximum Gasteiger partial charge on any atom is 0.0949 e. The Balaban J connectivity index is 2.21. The summed E-state index contributed by atoms with van der Waals surface area (Å²) in [6.07, 6.45) is 9.80. The van der Waals surface area contributed by atoms with Gasteiger partial charge in [-0.3, -0.25) is 0 Å². The third-order valence-electron chi connectivity index (χ3n) is 3.01. The molecule has 0 amide bonds. The van der Waals surface area contributed by atoms with Crippen molar-refractivity contribution in [3.63, 3.8) is 0 Å². The molecule has 0 aromatic carbocycles. The second kappa shape index (κ2) is 3.14. The molecular formula is C10H16N2O. The lowest BCUT2D eigenvalue weighted by Gasteiger charge is -2.37. The average Bonchev–Trinajstić information content (AvgIpc) is 2.55. The molecule has 13 heavy (non-hydrogen) atoms. The minimum absolute atomic E-state index is 0.212. The van der Waals surface area contributed by atoms with Gasteiger partial charge in [-0.05, 0) is 19.8 Å². The summed E-state index contributed by atoms with van der Waals surface area (Å²) in [4.78, 5) is 4.01. The maximum absolute atomic E-state index is 10.2. The zero-order valence-electron chi connectivity index (χ0n) is 7.98. The van der Waals surface area contributed by atoms with Crippen molar-refractivity contribution in [3.05, 3.63) is 18.7 Å². The first-order chi connectivity index (χ1) is 6.20. The Labute approximate surface area is 78.4 Å². The third kappa shape index (κ3) is 1.61. The first-order valence-electron chi connectivity index (χ1n) is 4.90. The van der Waals surface area contributed by atoms with Crippen molar-refractivity contribution in [1.29, 1.82) is 0 Å². The Morgan fingerprint density at radius 1 is 1.54 bits per heavy atom. The molecule has 0 spiro atoms. The van der Waals surface area contributed by atoms with Crippen molar-refractivity contribution in [2.75, 3.05) is 0 Å². The molecule has 3 nitrogen and oxygen atoms in total. The molecule has 1 saturated carbocycles. The molecule has 0 bridgehead atoms. The Hall–Kier alpha value is -0.830. The van der Waals surface area contributed by atoms with Crippen LogP contribution in [-0.2, 0) is 0 Å². The molecule has 0 saturated heterocycles. The summed E-state index contributed by atoms with van der Waals surface area (Å²) in [5.41, 5.74) is -0.557. The van der Waals surface area contributed by atoms with Crippen molar-refractivity contribution in [2.45, 2.75) is 44.2 Å². The number of hydrogen-bond acceptors (Lipinski definition) is 2. The van der Waals surface area contributed by atoms with Gasteiger partial charge in [0.15, 0.2) is 0 Å². The fraction of sp³-hybridized carbons (Fsp3) is 0.700. The fourth-order valence-corrected chi connectivity index (χ4v) is 2.22. The Kier molecular flexibility index (Phi) is 2.12. The van der Waals surface area contributed by atoms with Crippen molar-refractivity contribution < 1.29 is 5.11 Å². The predicted octanol–water partition coefficient (Wildman–Crippen LogP) is 1.75. The van der Waals surface area contributed by atoms with Crippen molar-refractivity contribution >= 4 is 0 Å². The van der Waals surface area contributed by atoms with E-state index in [0.29, 0.717) is 0 Å². The van der Waals surface area contributed by atoms with Gasteiger partial charge >= 0.3 is 0 Å². The van der Waals surface area contributed by atoms with Crippen LogP contribution in [0.4, 0.5) is 0 Å². The third-order valence-corrected chi connectivity index (χ3v) is 3.01. The van der Waals surface area contributed by atoms with Gasteiger partial charge < -0.3 is 9.67 Å². The van der Waals surface area contributed by atoms with E-state index in [9.17, 15) is 5.11 Å². The van der Waals surface area contributed by atoms with Crippen LogP contribution in [0, 0.1) is 0 Å². The molecule has 2 unspecified atom stereocenters. The van der Waals surface area contributed by atoms with E-state index < -0.39 is 5.60 Å². The standard InChI is InChI=1S/C10H16N2O/c1-10(13)5-3-2-4-9(10)12-7-6-11-8-12/h6-9,13H,2-5H2,1H3. The highest BCUT2D eigenvalue weighted by atomic mass is 16.3. The molecule has 0 aliphatic heterocycles. The minimum atomic E-state index is -0.557. The van der Waals surface area contributed by atoms with Gasteiger partial charge in [0, 0.05) is 12.4 Å². The predicted molar refractivity (Wildman–Crippen MR) is 50.4 cm³/mol. The zero-order valence-corrected chi connectivity index (χ0v) is 7.98. The van der Waals surface area contributed by atoms with E-state index in [4.69, 9.17) is 0 Å². The van der Waals surface area contributed by atoms with E-state index in [1.165, 1.54) is 6.42 Å². The van der Waals surface area contributed by atoms with E-state index in [1.807, 2.05) is 17.7 Å². The molecule has 1 aliphatic carbocycles. The van der Waals surface area contributed by atoms with E-state index in [0.717, 1.165) is 19.3 Å². The first-order valence-corrected chi connectivity index (χ1v) is 4.90. The summed E-state index contributed by atoms with van der Waals surface area (Å²) in [5, 5.41) is 10.2. The van der Waals surface area contributed by atoms with Gasteiger partial charge in [0.25, 0.3) is 0 Å². The molecular weight excluding hydrogens is 164 g/mol. The van der Waals surface area contributed by atoms with Gasteiger partial charge in [0.1, 0.15) is 0 Å². The van der Waals surface area contributed by atoms with E-state index >= 15 is 0 Å². The average molecular weight is 180 g/mol. The van der Waals surface area contributed by atoms with E-state index in [1.54, 1.807) is 12.5 Å². The summed E-state index contributed by atoms with van der Waals surface area (Å²) in [7, 11) is 0. The zero-order chi connectivity index (χ0) is 9.31. The maximum atomic E-state index is 10.2. The van der Waals surface area contributed by atoms with Crippen LogP contribution < -0.4 is 0 Å². The van der Waals surface area contributed by atoms with Gasteiger partial charge in [0.05, 0.1) is 18.0 Å². The van der Waals surface area contributed by atoms with Crippen LogP contribution in [0.1, 0.15) is 38.6 Å². The minimum Gasteiger partial charge on any atom is -0.388 e. The Morgan fingerprint density at radius 2 is 2.38 bits per heavy atom. The number of aromatic nitrogens is 2. The summed E-state index contributed by atoms with van der Waals surface area (Å²) < 4.78 is 2.03. The monoisotopic (exact) mass is 180 g/mol. The molecule has 1 fully saturated rings. The number of imidazole rings is 1. The van der Waals surface area contributed by atoms with Crippen LogP contribution in [0.5, 0.6) is 0 Å². The van der Waals surface area contributed by atoms with Crippen LogP contribution in [-0.4, -0.2) is 20.3 Å². The van der Waals surface area contributed by atoms with Crippen molar-refractivity contribution in [3.8, 4) is 0 Å². The molecule has 2 atom stereocenters. The highest BCUT2D eigenvalue weighted by Gasteiger charge is 2.35. The van der Waals surface area contributed by atoms with Crippen molar-refractivity contribution in [2.24, 2.45) is 0 Å². The molecule has 72 valence electrons. The van der Waals surface area contributed by atoms with Crippen LogP contribution in [0.15, 0.2) is 18.7 Å². The van der Waals surface area contributed by atoms with Crippen LogP contribution in [0.2, 0.25) is 0 Å². The summed E-state index contributed by atoms with van der Waals surface area (Å²) in [6.45, 7) is 1.93. The smallest absolute Gasteiger partial charge is 0.0949 e. The highest BCUT2D eigenvalue weighted by molar-refractivity contribution is 4.93. The molecule has 1 aromatic rings.